The summed E-state index contributed by atoms with van der Waals surface area (Å²) in [5, 5.41) is 7.68. The second kappa shape index (κ2) is 7.44. The van der Waals surface area contributed by atoms with E-state index in [2.05, 4.69) is 146 Å². The Hall–Kier alpha value is -4.72. The van der Waals surface area contributed by atoms with Crippen LogP contribution in [0.25, 0.3) is 32.3 Å². The highest BCUT2D eigenvalue weighted by Gasteiger charge is 2.64. The monoisotopic (exact) mass is 496 g/mol. The zero-order valence-corrected chi connectivity index (χ0v) is 21.3. The Labute approximate surface area is 226 Å². The van der Waals surface area contributed by atoms with Crippen LogP contribution in [0.2, 0.25) is 0 Å². The summed E-state index contributed by atoms with van der Waals surface area (Å²) in [5.41, 5.74) is 5.90. The Kier molecular flexibility index (Phi) is 4.05. The molecule has 182 valence electrons. The van der Waals surface area contributed by atoms with E-state index in [-0.39, 0.29) is 0 Å². The molecule has 1 nitrogen and oxygen atoms in total. The summed E-state index contributed by atoms with van der Waals surface area (Å²) < 4.78 is 7.56. The Morgan fingerprint density at radius 2 is 0.641 bits per heavy atom. The molecular weight excluding hydrogens is 472 g/mol. The maximum Gasteiger partial charge on any atom is 0.146 e. The first-order valence-corrected chi connectivity index (χ1v) is 13.6. The fourth-order valence-corrected chi connectivity index (χ4v) is 7.46. The smallest absolute Gasteiger partial charge is 0.146 e. The summed E-state index contributed by atoms with van der Waals surface area (Å²) >= 11 is 0. The van der Waals surface area contributed by atoms with Crippen molar-refractivity contribution in [1.82, 2.24) is 0 Å². The molecule has 39 heavy (non-hydrogen) atoms. The first kappa shape index (κ1) is 21.2. The minimum absolute atomic E-state index is 0.691. The van der Waals surface area contributed by atoms with Gasteiger partial charge in [0.05, 0.1) is 0 Å². The SMILES string of the molecule is c1ccc([C@@]23O[C@@](c4ccccc4)(c4ccccc42)c2cc4c5ccccc5c5ccccc5c4cc23)cc1. The highest BCUT2D eigenvalue weighted by Crippen LogP contribution is 2.66. The van der Waals surface area contributed by atoms with Crippen molar-refractivity contribution in [3.63, 3.8) is 0 Å². The van der Waals surface area contributed by atoms with E-state index >= 15 is 0 Å². The Bertz CT molecular complexity index is 1940. The van der Waals surface area contributed by atoms with E-state index in [0.29, 0.717) is 0 Å². The van der Waals surface area contributed by atoms with Crippen LogP contribution in [0.5, 0.6) is 0 Å². The van der Waals surface area contributed by atoms with Gasteiger partial charge in [-0.25, -0.2) is 0 Å². The van der Waals surface area contributed by atoms with Crippen LogP contribution in [-0.4, -0.2) is 0 Å². The van der Waals surface area contributed by atoms with Crippen LogP contribution in [0.4, 0.5) is 0 Å². The summed E-state index contributed by atoms with van der Waals surface area (Å²) in [6.45, 7) is 0. The number of hydrogen-bond acceptors (Lipinski definition) is 1. The molecule has 7 aromatic carbocycles. The molecule has 2 heterocycles. The molecule has 0 spiro atoms. The fraction of sp³-hybridized carbons (Fsp3) is 0.0526. The van der Waals surface area contributed by atoms with Gasteiger partial charge in [-0.1, -0.05) is 133 Å². The van der Waals surface area contributed by atoms with Gasteiger partial charge in [-0.3, -0.25) is 0 Å². The highest BCUT2D eigenvalue weighted by atomic mass is 16.5. The van der Waals surface area contributed by atoms with Gasteiger partial charge in [-0.2, -0.15) is 0 Å². The van der Waals surface area contributed by atoms with Crippen molar-refractivity contribution in [2.75, 3.05) is 0 Å². The number of fused-ring (bicyclic) bond motifs is 14. The normalized spacial score (nSPS) is 20.9. The number of hydrogen-bond donors (Lipinski definition) is 0. The van der Waals surface area contributed by atoms with E-state index < -0.39 is 11.2 Å². The van der Waals surface area contributed by atoms with Crippen molar-refractivity contribution < 1.29 is 4.74 Å². The fourth-order valence-electron chi connectivity index (χ4n) is 7.46. The standard InChI is InChI=1S/C38H24O/c1-3-13-25(14-4-1)37-33-21-11-12-22-34(33)38(39-37,26-15-5-2-6-16-26)36-24-32-30-20-10-8-18-28(30)27-17-7-9-19-29(27)31(32)23-35(36)37/h1-24H/t37-,38+. The molecule has 2 aliphatic heterocycles. The molecule has 7 aromatic rings. The van der Waals surface area contributed by atoms with E-state index in [1.54, 1.807) is 0 Å². The van der Waals surface area contributed by atoms with Crippen LogP contribution in [0.1, 0.15) is 33.4 Å². The van der Waals surface area contributed by atoms with Gasteiger partial charge in [-0.05, 0) is 66.7 Å². The van der Waals surface area contributed by atoms with Crippen molar-refractivity contribution in [3.05, 3.63) is 179 Å². The topological polar surface area (TPSA) is 9.23 Å². The van der Waals surface area contributed by atoms with Gasteiger partial charge in [0.1, 0.15) is 11.2 Å². The van der Waals surface area contributed by atoms with Crippen LogP contribution in [0.15, 0.2) is 146 Å². The van der Waals surface area contributed by atoms with E-state index in [9.17, 15) is 0 Å². The lowest BCUT2D eigenvalue weighted by molar-refractivity contribution is -0.0257. The van der Waals surface area contributed by atoms with Gasteiger partial charge in [0, 0.05) is 11.1 Å². The molecule has 0 N–H and O–H groups in total. The minimum Gasteiger partial charge on any atom is -0.340 e. The van der Waals surface area contributed by atoms with Crippen molar-refractivity contribution >= 4 is 32.3 Å². The van der Waals surface area contributed by atoms with Crippen LogP contribution in [0.3, 0.4) is 0 Å². The predicted octanol–water partition coefficient (Wildman–Crippen LogP) is 9.07. The molecule has 0 aliphatic carbocycles. The Morgan fingerprint density at radius 1 is 0.308 bits per heavy atom. The van der Waals surface area contributed by atoms with E-state index in [4.69, 9.17) is 4.74 Å². The third kappa shape index (κ3) is 2.49. The molecule has 9 rings (SSSR count). The van der Waals surface area contributed by atoms with Crippen LogP contribution in [0, 0.1) is 0 Å². The summed E-state index contributed by atoms with van der Waals surface area (Å²) in [4.78, 5) is 0. The zero-order chi connectivity index (χ0) is 25.6. The summed E-state index contributed by atoms with van der Waals surface area (Å²) in [6, 6.07) is 52.9. The zero-order valence-electron chi connectivity index (χ0n) is 21.3. The average molecular weight is 497 g/mol. The molecule has 0 radical (unpaired) electrons. The van der Waals surface area contributed by atoms with Crippen molar-refractivity contribution in [2.45, 2.75) is 11.2 Å². The van der Waals surface area contributed by atoms with Crippen LogP contribution >= 0.6 is 0 Å². The number of benzene rings is 7. The minimum atomic E-state index is -0.691. The molecule has 0 saturated heterocycles. The van der Waals surface area contributed by atoms with E-state index in [1.807, 2.05) is 0 Å². The average Bonchev–Trinajstić information content (AvgIpc) is 3.51. The lowest BCUT2D eigenvalue weighted by atomic mass is 9.67. The molecule has 0 amide bonds. The molecule has 0 unspecified atom stereocenters. The lowest BCUT2D eigenvalue weighted by Crippen LogP contribution is -2.27. The molecule has 0 aromatic heterocycles. The molecule has 0 fully saturated rings. The van der Waals surface area contributed by atoms with Gasteiger partial charge in [0.25, 0.3) is 0 Å². The quantitative estimate of drug-likeness (QED) is 0.217. The Balaban J connectivity index is 1.52. The van der Waals surface area contributed by atoms with E-state index in [0.717, 1.165) is 0 Å². The van der Waals surface area contributed by atoms with Crippen LogP contribution in [-0.2, 0) is 15.9 Å². The molecule has 2 aliphatic rings. The maximum absolute atomic E-state index is 7.56. The van der Waals surface area contributed by atoms with Gasteiger partial charge in [0.2, 0.25) is 0 Å². The molecule has 1 heteroatoms. The summed E-state index contributed by atoms with van der Waals surface area (Å²) in [5.74, 6) is 0. The molecule has 2 bridgehead atoms. The number of rotatable bonds is 2. The predicted molar refractivity (Wildman–Crippen MR) is 159 cm³/mol. The van der Waals surface area contributed by atoms with Crippen LogP contribution < -0.4 is 0 Å². The lowest BCUT2D eigenvalue weighted by Gasteiger charge is -2.31. The third-order valence-electron chi connectivity index (χ3n) is 8.99. The second-order valence-corrected chi connectivity index (χ2v) is 10.8. The van der Waals surface area contributed by atoms with Crippen molar-refractivity contribution in [1.29, 1.82) is 0 Å². The summed E-state index contributed by atoms with van der Waals surface area (Å²) in [6.07, 6.45) is 0. The maximum atomic E-state index is 7.56. The highest BCUT2D eigenvalue weighted by molar-refractivity contribution is 6.25. The largest absolute Gasteiger partial charge is 0.340 e. The third-order valence-corrected chi connectivity index (χ3v) is 8.99. The molecular formula is C38H24O. The number of ether oxygens (including phenoxy) is 1. The molecule has 2 atom stereocenters. The van der Waals surface area contributed by atoms with Gasteiger partial charge in [0.15, 0.2) is 0 Å². The van der Waals surface area contributed by atoms with Gasteiger partial charge >= 0.3 is 0 Å². The van der Waals surface area contributed by atoms with Crippen molar-refractivity contribution in [3.8, 4) is 0 Å². The molecule has 0 saturated carbocycles. The first-order chi connectivity index (χ1) is 19.3. The van der Waals surface area contributed by atoms with Gasteiger partial charge < -0.3 is 4.74 Å². The second-order valence-electron chi connectivity index (χ2n) is 10.8. The van der Waals surface area contributed by atoms with Gasteiger partial charge in [-0.15, -0.1) is 0 Å². The first-order valence-electron chi connectivity index (χ1n) is 13.6. The van der Waals surface area contributed by atoms with Crippen molar-refractivity contribution in [2.24, 2.45) is 0 Å². The summed E-state index contributed by atoms with van der Waals surface area (Å²) in [7, 11) is 0. The van der Waals surface area contributed by atoms with E-state index in [1.165, 1.54) is 65.7 Å². The Morgan fingerprint density at radius 3 is 1.05 bits per heavy atom.